The van der Waals surface area contributed by atoms with Crippen LogP contribution in [0.2, 0.25) is 0 Å². The fraction of sp³-hybridized carbons (Fsp3) is 0.538. The summed E-state index contributed by atoms with van der Waals surface area (Å²) in [6, 6.07) is 3.81. The van der Waals surface area contributed by atoms with Crippen LogP contribution in [0.4, 0.5) is 5.69 Å². The molecule has 2 heterocycles. The number of aromatic nitrogens is 1. The van der Waals surface area contributed by atoms with Crippen LogP contribution >= 0.6 is 0 Å². The van der Waals surface area contributed by atoms with Crippen LogP contribution in [0.25, 0.3) is 0 Å². The van der Waals surface area contributed by atoms with E-state index < -0.39 is 0 Å². The molecule has 2 rings (SSSR count). The number of pyridine rings is 1. The van der Waals surface area contributed by atoms with Crippen LogP contribution in [0.1, 0.15) is 37.2 Å². The number of Topliss-reactive ketones (excluding diaryl/α,β-unsaturated/α-hetero) is 1. The predicted octanol–water partition coefficient (Wildman–Crippen LogP) is 2.52. The molecule has 1 aromatic heterocycles. The summed E-state index contributed by atoms with van der Waals surface area (Å²) in [6.45, 7) is 6.05. The topological polar surface area (TPSA) is 33.2 Å². The zero-order valence-corrected chi connectivity index (χ0v) is 9.94. The first-order valence-corrected chi connectivity index (χ1v) is 5.89. The third kappa shape index (κ3) is 2.40. The Bertz CT molecular complexity index is 364. The van der Waals surface area contributed by atoms with Crippen molar-refractivity contribution < 1.29 is 4.79 Å². The largest absolute Gasteiger partial charge is 0.370 e. The van der Waals surface area contributed by atoms with E-state index in [1.807, 2.05) is 18.3 Å². The molecule has 0 radical (unpaired) electrons. The molecule has 1 saturated heterocycles. The maximum atomic E-state index is 11.1. The lowest BCUT2D eigenvalue weighted by atomic mass is 9.99. The number of ketones is 1. The number of rotatable bonds is 2. The summed E-state index contributed by atoms with van der Waals surface area (Å²) >= 11 is 0. The van der Waals surface area contributed by atoms with Crippen LogP contribution in [-0.4, -0.2) is 23.9 Å². The van der Waals surface area contributed by atoms with Gasteiger partial charge in [0.25, 0.3) is 0 Å². The molecule has 0 unspecified atom stereocenters. The first-order chi connectivity index (χ1) is 7.66. The standard InChI is InChI=1S/C13H18N2O/c1-10-5-7-15(8-6-10)12-3-4-13(11(2)16)14-9-12/h3-4,9-10H,5-8H2,1-2H3. The third-order valence-corrected chi connectivity index (χ3v) is 3.26. The van der Waals surface area contributed by atoms with Crippen molar-refractivity contribution in [2.45, 2.75) is 26.7 Å². The number of carbonyl (C=O) groups excluding carboxylic acids is 1. The number of hydrogen-bond donors (Lipinski definition) is 0. The van der Waals surface area contributed by atoms with Crippen LogP contribution in [-0.2, 0) is 0 Å². The Balaban J connectivity index is 2.07. The van der Waals surface area contributed by atoms with E-state index >= 15 is 0 Å². The second-order valence-electron chi connectivity index (χ2n) is 4.63. The average molecular weight is 218 g/mol. The molecule has 0 saturated carbocycles. The van der Waals surface area contributed by atoms with Crippen molar-refractivity contribution in [3.63, 3.8) is 0 Å². The molecule has 0 atom stereocenters. The van der Waals surface area contributed by atoms with E-state index in [-0.39, 0.29) is 5.78 Å². The Morgan fingerprint density at radius 1 is 1.38 bits per heavy atom. The van der Waals surface area contributed by atoms with Crippen molar-refractivity contribution in [3.8, 4) is 0 Å². The molecular formula is C13H18N2O. The Kier molecular flexibility index (Phi) is 3.22. The van der Waals surface area contributed by atoms with Crippen molar-refractivity contribution in [1.82, 2.24) is 4.98 Å². The van der Waals surface area contributed by atoms with E-state index in [0.29, 0.717) is 5.69 Å². The summed E-state index contributed by atoms with van der Waals surface area (Å²) in [6.07, 6.45) is 4.30. The van der Waals surface area contributed by atoms with Gasteiger partial charge >= 0.3 is 0 Å². The minimum Gasteiger partial charge on any atom is -0.370 e. The monoisotopic (exact) mass is 218 g/mol. The van der Waals surface area contributed by atoms with E-state index in [9.17, 15) is 4.79 Å². The zero-order chi connectivity index (χ0) is 11.5. The fourth-order valence-electron chi connectivity index (χ4n) is 2.05. The van der Waals surface area contributed by atoms with Crippen molar-refractivity contribution in [2.24, 2.45) is 5.92 Å². The van der Waals surface area contributed by atoms with Crippen LogP contribution < -0.4 is 4.90 Å². The molecule has 1 aromatic rings. The van der Waals surface area contributed by atoms with Gasteiger partial charge in [-0.15, -0.1) is 0 Å². The number of piperidine rings is 1. The average Bonchev–Trinajstić information content (AvgIpc) is 2.30. The van der Waals surface area contributed by atoms with E-state index in [1.54, 1.807) is 6.92 Å². The van der Waals surface area contributed by atoms with Crippen LogP contribution in [0, 0.1) is 5.92 Å². The lowest BCUT2D eigenvalue weighted by Gasteiger charge is -2.31. The highest BCUT2D eigenvalue weighted by Crippen LogP contribution is 2.22. The molecule has 3 nitrogen and oxygen atoms in total. The quantitative estimate of drug-likeness (QED) is 0.715. The molecule has 16 heavy (non-hydrogen) atoms. The number of anilines is 1. The zero-order valence-electron chi connectivity index (χ0n) is 9.94. The summed E-state index contributed by atoms with van der Waals surface area (Å²) in [5.41, 5.74) is 1.69. The van der Waals surface area contributed by atoms with Crippen LogP contribution in [0.3, 0.4) is 0 Å². The molecule has 0 spiro atoms. The summed E-state index contributed by atoms with van der Waals surface area (Å²) in [5, 5.41) is 0. The molecule has 1 aliphatic heterocycles. The van der Waals surface area contributed by atoms with Crippen molar-refractivity contribution in [1.29, 1.82) is 0 Å². The highest BCUT2D eigenvalue weighted by Gasteiger charge is 2.16. The van der Waals surface area contributed by atoms with Crippen molar-refractivity contribution in [3.05, 3.63) is 24.0 Å². The second-order valence-corrected chi connectivity index (χ2v) is 4.63. The fourth-order valence-corrected chi connectivity index (χ4v) is 2.05. The Labute approximate surface area is 96.5 Å². The van der Waals surface area contributed by atoms with Gasteiger partial charge in [0, 0.05) is 20.0 Å². The third-order valence-electron chi connectivity index (χ3n) is 3.26. The predicted molar refractivity (Wildman–Crippen MR) is 64.9 cm³/mol. The molecule has 0 aliphatic carbocycles. The van der Waals surface area contributed by atoms with Gasteiger partial charge in [-0.05, 0) is 30.9 Å². The Morgan fingerprint density at radius 2 is 2.06 bits per heavy atom. The molecule has 1 fully saturated rings. The molecule has 0 aromatic carbocycles. The second kappa shape index (κ2) is 4.64. The van der Waals surface area contributed by atoms with Gasteiger partial charge in [-0.1, -0.05) is 6.92 Å². The van der Waals surface area contributed by atoms with E-state index in [0.717, 1.165) is 24.7 Å². The molecule has 0 bridgehead atoms. The normalized spacial score (nSPS) is 17.5. The Morgan fingerprint density at radius 3 is 2.56 bits per heavy atom. The molecular weight excluding hydrogens is 200 g/mol. The Hall–Kier alpha value is -1.38. The molecule has 3 heteroatoms. The molecule has 0 N–H and O–H groups in total. The van der Waals surface area contributed by atoms with Gasteiger partial charge in [0.05, 0.1) is 11.9 Å². The lowest BCUT2D eigenvalue weighted by Crippen LogP contribution is -2.32. The summed E-state index contributed by atoms with van der Waals surface area (Å²) in [4.78, 5) is 17.6. The van der Waals surface area contributed by atoms with Crippen LogP contribution in [0.15, 0.2) is 18.3 Å². The van der Waals surface area contributed by atoms with E-state index in [1.165, 1.54) is 12.8 Å². The SMILES string of the molecule is CC(=O)c1ccc(N2CCC(C)CC2)cn1. The van der Waals surface area contributed by atoms with Crippen molar-refractivity contribution in [2.75, 3.05) is 18.0 Å². The first-order valence-electron chi connectivity index (χ1n) is 5.89. The van der Waals surface area contributed by atoms with Gasteiger partial charge in [-0.3, -0.25) is 9.78 Å². The number of carbonyl (C=O) groups is 1. The summed E-state index contributed by atoms with van der Waals surface area (Å²) in [7, 11) is 0. The summed E-state index contributed by atoms with van der Waals surface area (Å²) in [5.74, 6) is 0.861. The minimum absolute atomic E-state index is 0.0267. The van der Waals surface area contributed by atoms with E-state index in [4.69, 9.17) is 0 Å². The van der Waals surface area contributed by atoms with Gasteiger partial charge in [-0.25, -0.2) is 0 Å². The maximum absolute atomic E-state index is 11.1. The van der Waals surface area contributed by atoms with Gasteiger partial charge in [0.15, 0.2) is 5.78 Å². The minimum atomic E-state index is 0.0267. The summed E-state index contributed by atoms with van der Waals surface area (Å²) < 4.78 is 0. The first kappa shape index (κ1) is 11.1. The van der Waals surface area contributed by atoms with Gasteiger partial charge < -0.3 is 4.90 Å². The molecule has 1 aliphatic rings. The lowest BCUT2D eigenvalue weighted by molar-refractivity contribution is 0.101. The maximum Gasteiger partial charge on any atom is 0.178 e. The van der Waals surface area contributed by atoms with Gasteiger partial charge in [0.2, 0.25) is 0 Å². The molecule has 0 amide bonds. The van der Waals surface area contributed by atoms with Crippen LogP contribution in [0.5, 0.6) is 0 Å². The molecule has 86 valence electrons. The van der Waals surface area contributed by atoms with Crippen molar-refractivity contribution >= 4 is 11.5 Å². The number of hydrogen-bond acceptors (Lipinski definition) is 3. The smallest absolute Gasteiger partial charge is 0.178 e. The van der Waals surface area contributed by atoms with Gasteiger partial charge in [-0.2, -0.15) is 0 Å². The van der Waals surface area contributed by atoms with Gasteiger partial charge in [0.1, 0.15) is 5.69 Å². The highest BCUT2D eigenvalue weighted by molar-refractivity contribution is 5.92. The van der Waals surface area contributed by atoms with E-state index in [2.05, 4.69) is 16.8 Å². The number of nitrogens with zero attached hydrogens (tertiary/aromatic N) is 2. The highest BCUT2D eigenvalue weighted by atomic mass is 16.1.